The van der Waals surface area contributed by atoms with Gasteiger partial charge in [0.2, 0.25) is 0 Å². The van der Waals surface area contributed by atoms with Crippen molar-refractivity contribution in [1.82, 2.24) is 5.43 Å². The number of ether oxygens (including phenoxy) is 1. The lowest BCUT2D eigenvalue weighted by Crippen LogP contribution is -2.17. The van der Waals surface area contributed by atoms with E-state index in [2.05, 4.69) is 15.3 Å². The predicted molar refractivity (Wildman–Crippen MR) is 76.3 cm³/mol. The van der Waals surface area contributed by atoms with Crippen LogP contribution in [0.5, 0.6) is 5.75 Å². The van der Waals surface area contributed by atoms with E-state index in [0.29, 0.717) is 22.6 Å². The van der Waals surface area contributed by atoms with E-state index in [4.69, 9.17) is 4.42 Å². The number of aryl methyl sites for hydroxylation is 2. The highest BCUT2D eigenvalue weighted by atomic mass is 19.3. The van der Waals surface area contributed by atoms with E-state index >= 15 is 0 Å². The van der Waals surface area contributed by atoms with Crippen molar-refractivity contribution in [2.24, 2.45) is 5.10 Å². The Labute approximate surface area is 125 Å². The molecule has 1 aromatic heterocycles. The molecule has 1 N–H and O–H groups in total. The predicted octanol–water partition coefficient (Wildman–Crippen LogP) is 3.26. The largest absolute Gasteiger partial charge is 0.466 e. The number of benzene rings is 1. The number of furan rings is 1. The average Bonchev–Trinajstić information content (AvgIpc) is 2.79. The summed E-state index contributed by atoms with van der Waals surface area (Å²) in [6.07, 6.45) is 1.40. The quantitative estimate of drug-likeness (QED) is 0.681. The standard InChI is InChI=1S/C15H14F2N2O3/c1-9-7-13(10(2)21-9)14(20)19-18-8-11-3-5-12(6-4-11)22-15(16)17/h3-8,15H,1-2H3,(H,19,20)/b18-8+. The van der Waals surface area contributed by atoms with Gasteiger partial charge in [0.1, 0.15) is 17.3 Å². The molecule has 0 saturated carbocycles. The Kier molecular flexibility index (Phi) is 4.88. The maximum atomic E-state index is 12.0. The zero-order valence-corrected chi connectivity index (χ0v) is 12.0. The molecule has 0 bridgehead atoms. The first-order valence-electron chi connectivity index (χ1n) is 6.41. The summed E-state index contributed by atoms with van der Waals surface area (Å²) in [6.45, 7) is 0.573. The van der Waals surface area contributed by atoms with Gasteiger partial charge in [-0.3, -0.25) is 4.79 Å². The Morgan fingerprint density at radius 1 is 1.32 bits per heavy atom. The first-order valence-corrected chi connectivity index (χ1v) is 6.41. The van der Waals surface area contributed by atoms with Gasteiger partial charge in [-0.25, -0.2) is 5.43 Å². The molecule has 22 heavy (non-hydrogen) atoms. The summed E-state index contributed by atoms with van der Waals surface area (Å²) in [5.41, 5.74) is 3.41. The normalized spacial score (nSPS) is 11.1. The minimum atomic E-state index is -2.86. The van der Waals surface area contributed by atoms with Crippen LogP contribution in [0, 0.1) is 13.8 Å². The molecule has 0 aliphatic rings. The molecule has 0 atom stereocenters. The number of alkyl halides is 2. The molecule has 0 aliphatic heterocycles. The maximum Gasteiger partial charge on any atom is 0.387 e. The van der Waals surface area contributed by atoms with E-state index in [-0.39, 0.29) is 11.7 Å². The van der Waals surface area contributed by atoms with Gasteiger partial charge in [-0.2, -0.15) is 13.9 Å². The number of hydrogen-bond acceptors (Lipinski definition) is 4. The number of nitrogens with zero attached hydrogens (tertiary/aromatic N) is 1. The Balaban J connectivity index is 1.94. The number of carbonyl (C=O) groups is 1. The fourth-order valence-electron chi connectivity index (χ4n) is 1.82. The van der Waals surface area contributed by atoms with Crippen molar-refractivity contribution in [1.29, 1.82) is 0 Å². The molecule has 116 valence electrons. The summed E-state index contributed by atoms with van der Waals surface area (Å²) in [5.74, 6) is 0.823. The van der Waals surface area contributed by atoms with E-state index in [1.54, 1.807) is 32.0 Å². The molecular weight excluding hydrogens is 294 g/mol. The molecule has 0 fully saturated rings. The van der Waals surface area contributed by atoms with Crippen LogP contribution in [0.15, 0.2) is 39.9 Å². The smallest absolute Gasteiger partial charge is 0.387 e. The number of rotatable bonds is 5. The molecule has 1 amide bonds. The average molecular weight is 308 g/mol. The van der Waals surface area contributed by atoms with Crippen molar-refractivity contribution in [2.45, 2.75) is 20.5 Å². The topological polar surface area (TPSA) is 63.8 Å². The van der Waals surface area contributed by atoms with Crippen molar-refractivity contribution in [3.63, 3.8) is 0 Å². The van der Waals surface area contributed by atoms with Crippen LogP contribution < -0.4 is 10.2 Å². The summed E-state index contributed by atoms with van der Waals surface area (Å²) in [4.78, 5) is 11.9. The summed E-state index contributed by atoms with van der Waals surface area (Å²) >= 11 is 0. The van der Waals surface area contributed by atoms with Gasteiger partial charge >= 0.3 is 6.61 Å². The fraction of sp³-hybridized carbons (Fsp3) is 0.200. The molecule has 1 heterocycles. The molecular formula is C15H14F2N2O3. The second-order valence-electron chi connectivity index (χ2n) is 4.47. The van der Waals surface area contributed by atoms with Gasteiger partial charge in [-0.1, -0.05) is 0 Å². The van der Waals surface area contributed by atoms with Crippen LogP contribution in [0.4, 0.5) is 8.78 Å². The number of hydrazone groups is 1. The van der Waals surface area contributed by atoms with Crippen LogP contribution in [-0.2, 0) is 0 Å². The molecule has 2 rings (SSSR count). The third-order valence-electron chi connectivity index (χ3n) is 2.77. The van der Waals surface area contributed by atoms with Crippen LogP contribution in [0.1, 0.15) is 27.4 Å². The summed E-state index contributed by atoms with van der Waals surface area (Å²) < 4.78 is 33.5. The Morgan fingerprint density at radius 2 is 2.00 bits per heavy atom. The molecule has 7 heteroatoms. The third-order valence-corrected chi connectivity index (χ3v) is 2.77. The van der Waals surface area contributed by atoms with E-state index in [9.17, 15) is 13.6 Å². The molecule has 2 aromatic rings. The zero-order chi connectivity index (χ0) is 16.1. The highest BCUT2D eigenvalue weighted by Gasteiger charge is 2.12. The highest BCUT2D eigenvalue weighted by Crippen LogP contribution is 2.14. The number of amides is 1. The van der Waals surface area contributed by atoms with Gasteiger partial charge in [0.05, 0.1) is 11.8 Å². The first-order chi connectivity index (χ1) is 10.5. The van der Waals surface area contributed by atoms with E-state index < -0.39 is 6.61 Å². The van der Waals surface area contributed by atoms with Crippen molar-refractivity contribution in [3.05, 3.63) is 53.0 Å². The second-order valence-corrected chi connectivity index (χ2v) is 4.47. The number of nitrogens with one attached hydrogen (secondary N) is 1. The third kappa shape index (κ3) is 4.15. The summed E-state index contributed by atoms with van der Waals surface area (Å²) in [6, 6.07) is 7.48. The molecule has 0 saturated heterocycles. The second kappa shape index (κ2) is 6.84. The lowest BCUT2D eigenvalue weighted by Gasteiger charge is -2.03. The van der Waals surface area contributed by atoms with Crippen LogP contribution in [0.2, 0.25) is 0 Å². The Hall–Kier alpha value is -2.70. The van der Waals surface area contributed by atoms with Crippen molar-refractivity contribution >= 4 is 12.1 Å². The minimum absolute atomic E-state index is 0.0562. The van der Waals surface area contributed by atoms with E-state index in [0.717, 1.165) is 0 Å². The van der Waals surface area contributed by atoms with Crippen molar-refractivity contribution in [2.75, 3.05) is 0 Å². The fourth-order valence-corrected chi connectivity index (χ4v) is 1.82. The van der Waals surface area contributed by atoms with Gasteiger partial charge in [0.25, 0.3) is 5.91 Å². The number of halogens is 2. The van der Waals surface area contributed by atoms with Crippen molar-refractivity contribution < 1.29 is 22.7 Å². The molecule has 0 radical (unpaired) electrons. The molecule has 1 aromatic carbocycles. The van der Waals surface area contributed by atoms with Gasteiger partial charge in [-0.15, -0.1) is 0 Å². The number of hydrogen-bond donors (Lipinski definition) is 1. The highest BCUT2D eigenvalue weighted by molar-refractivity contribution is 5.95. The minimum Gasteiger partial charge on any atom is -0.466 e. The summed E-state index contributed by atoms with van der Waals surface area (Å²) in [5, 5.41) is 3.80. The van der Waals surface area contributed by atoms with E-state index in [1.165, 1.54) is 18.3 Å². The van der Waals surface area contributed by atoms with Gasteiger partial charge in [-0.05, 0) is 49.7 Å². The van der Waals surface area contributed by atoms with Crippen LogP contribution >= 0.6 is 0 Å². The Morgan fingerprint density at radius 3 is 2.55 bits per heavy atom. The Bertz CT molecular complexity index is 679. The monoisotopic (exact) mass is 308 g/mol. The van der Waals surface area contributed by atoms with Crippen LogP contribution in [-0.4, -0.2) is 18.7 Å². The zero-order valence-electron chi connectivity index (χ0n) is 12.0. The SMILES string of the molecule is Cc1cc(C(=O)N/N=C/c2ccc(OC(F)F)cc2)c(C)o1. The lowest BCUT2D eigenvalue weighted by molar-refractivity contribution is -0.0498. The molecule has 0 aliphatic carbocycles. The van der Waals surface area contributed by atoms with Crippen LogP contribution in [0.3, 0.4) is 0 Å². The van der Waals surface area contributed by atoms with Gasteiger partial charge in [0, 0.05) is 0 Å². The van der Waals surface area contributed by atoms with Gasteiger partial charge < -0.3 is 9.15 Å². The lowest BCUT2D eigenvalue weighted by atomic mass is 10.2. The van der Waals surface area contributed by atoms with Crippen LogP contribution in [0.25, 0.3) is 0 Å². The van der Waals surface area contributed by atoms with Gasteiger partial charge in [0.15, 0.2) is 0 Å². The number of carbonyl (C=O) groups excluding carboxylic acids is 1. The maximum absolute atomic E-state index is 12.0. The van der Waals surface area contributed by atoms with Crippen molar-refractivity contribution in [3.8, 4) is 5.75 Å². The molecule has 0 spiro atoms. The molecule has 5 nitrogen and oxygen atoms in total. The summed E-state index contributed by atoms with van der Waals surface area (Å²) in [7, 11) is 0. The first kappa shape index (κ1) is 15.7. The van der Waals surface area contributed by atoms with E-state index in [1.807, 2.05) is 0 Å². The molecule has 0 unspecified atom stereocenters.